The van der Waals surface area contributed by atoms with Gasteiger partial charge in [0.1, 0.15) is 5.82 Å². The van der Waals surface area contributed by atoms with E-state index in [-0.39, 0.29) is 0 Å². The Bertz CT molecular complexity index is 329. The topological polar surface area (TPSA) is 50.9 Å². The number of pyridine rings is 1. The van der Waals surface area contributed by atoms with Gasteiger partial charge in [0.05, 0.1) is 0 Å². The molecule has 2 atom stereocenters. The number of nitrogens with two attached hydrogens (primary N) is 1. The average molecular weight is 223 g/mol. The van der Waals surface area contributed by atoms with Gasteiger partial charge >= 0.3 is 0 Å². The number of hydrogen-bond acceptors (Lipinski definition) is 4. The summed E-state index contributed by atoms with van der Waals surface area (Å²) in [5.74, 6) is 0.583. The van der Waals surface area contributed by atoms with Crippen LogP contribution in [0.5, 0.6) is 0 Å². The zero-order chi connectivity index (χ0) is 10.7. The van der Waals surface area contributed by atoms with Crippen LogP contribution in [0.1, 0.15) is 19.3 Å². The largest absolute Gasteiger partial charge is 0.384 e. The molecule has 0 spiro atoms. The molecule has 0 saturated heterocycles. The van der Waals surface area contributed by atoms with E-state index in [1.54, 1.807) is 6.20 Å². The molecule has 0 radical (unpaired) electrons. The van der Waals surface area contributed by atoms with Gasteiger partial charge in [-0.25, -0.2) is 4.98 Å². The standard InChI is InChI=1S/C11H17N3S/c1-15-10-3-2-8(6-10)14-9-4-5-13-11(12)7-9/h4-5,7-8,10H,2-3,6H2,1H3,(H3,12,13,14). The molecule has 4 heteroatoms. The number of nitrogens with one attached hydrogen (secondary N) is 1. The molecule has 1 aliphatic carbocycles. The van der Waals surface area contributed by atoms with Crippen molar-refractivity contribution >= 4 is 23.3 Å². The number of anilines is 2. The van der Waals surface area contributed by atoms with Crippen molar-refractivity contribution in [2.24, 2.45) is 0 Å². The van der Waals surface area contributed by atoms with Gasteiger partial charge < -0.3 is 11.1 Å². The number of thioether (sulfide) groups is 1. The maximum absolute atomic E-state index is 5.63. The highest BCUT2D eigenvalue weighted by Crippen LogP contribution is 2.30. The fourth-order valence-electron chi connectivity index (χ4n) is 2.06. The number of rotatable bonds is 3. The van der Waals surface area contributed by atoms with E-state index in [4.69, 9.17) is 5.73 Å². The Morgan fingerprint density at radius 2 is 2.40 bits per heavy atom. The van der Waals surface area contributed by atoms with Gasteiger partial charge in [-0.1, -0.05) is 0 Å². The lowest BCUT2D eigenvalue weighted by Crippen LogP contribution is -2.16. The van der Waals surface area contributed by atoms with Crippen LogP contribution in [0.25, 0.3) is 0 Å². The summed E-state index contributed by atoms with van der Waals surface area (Å²) in [5.41, 5.74) is 6.72. The molecule has 3 N–H and O–H groups in total. The molecule has 0 aliphatic heterocycles. The van der Waals surface area contributed by atoms with E-state index in [1.165, 1.54) is 19.3 Å². The first-order valence-corrected chi connectivity index (χ1v) is 6.57. The van der Waals surface area contributed by atoms with E-state index in [0.717, 1.165) is 10.9 Å². The highest BCUT2D eigenvalue weighted by Gasteiger charge is 2.23. The van der Waals surface area contributed by atoms with Crippen molar-refractivity contribution in [2.75, 3.05) is 17.3 Å². The normalized spacial score (nSPS) is 25.4. The van der Waals surface area contributed by atoms with Crippen molar-refractivity contribution < 1.29 is 0 Å². The third-order valence-corrected chi connectivity index (χ3v) is 3.96. The van der Waals surface area contributed by atoms with E-state index in [2.05, 4.69) is 16.6 Å². The summed E-state index contributed by atoms with van der Waals surface area (Å²) in [4.78, 5) is 3.98. The monoisotopic (exact) mass is 223 g/mol. The van der Waals surface area contributed by atoms with Gasteiger partial charge in [0.25, 0.3) is 0 Å². The summed E-state index contributed by atoms with van der Waals surface area (Å²) in [5, 5.41) is 4.33. The van der Waals surface area contributed by atoms with Crippen LogP contribution in [0, 0.1) is 0 Å². The van der Waals surface area contributed by atoms with Crippen molar-refractivity contribution in [1.82, 2.24) is 4.98 Å². The summed E-state index contributed by atoms with van der Waals surface area (Å²) in [7, 11) is 0. The van der Waals surface area contributed by atoms with Gasteiger partial charge in [0.15, 0.2) is 0 Å². The molecule has 82 valence electrons. The molecule has 1 saturated carbocycles. The average Bonchev–Trinajstić information content (AvgIpc) is 2.65. The number of nitrogens with zero attached hydrogens (tertiary/aromatic N) is 1. The lowest BCUT2D eigenvalue weighted by atomic mass is 10.2. The lowest BCUT2D eigenvalue weighted by molar-refractivity contribution is 0.757. The molecule has 1 fully saturated rings. The van der Waals surface area contributed by atoms with Crippen LogP contribution in [0.2, 0.25) is 0 Å². The van der Waals surface area contributed by atoms with Gasteiger partial charge in [-0.05, 0) is 31.6 Å². The zero-order valence-electron chi connectivity index (χ0n) is 8.94. The first kappa shape index (κ1) is 10.6. The van der Waals surface area contributed by atoms with Crippen molar-refractivity contribution in [3.63, 3.8) is 0 Å². The Kier molecular flexibility index (Phi) is 3.36. The lowest BCUT2D eigenvalue weighted by Gasteiger charge is -2.14. The smallest absolute Gasteiger partial charge is 0.125 e. The Morgan fingerprint density at radius 1 is 1.53 bits per heavy atom. The van der Waals surface area contributed by atoms with E-state index >= 15 is 0 Å². The van der Waals surface area contributed by atoms with Gasteiger partial charge in [0.2, 0.25) is 0 Å². The second-order valence-corrected chi connectivity index (χ2v) is 5.12. The first-order valence-electron chi connectivity index (χ1n) is 5.29. The van der Waals surface area contributed by atoms with Gasteiger partial charge in [-0.3, -0.25) is 0 Å². The van der Waals surface area contributed by atoms with E-state index in [1.807, 2.05) is 23.9 Å². The quantitative estimate of drug-likeness (QED) is 0.826. The molecular formula is C11H17N3S. The second-order valence-electron chi connectivity index (χ2n) is 3.98. The molecule has 0 aromatic carbocycles. The Balaban J connectivity index is 1.92. The molecule has 2 unspecified atom stereocenters. The minimum Gasteiger partial charge on any atom is -0.384 e. The van der Waals surface area contributed by atoms with E-state index in [0.29, 0.717) is 11.9 Å². The highest BCUT2D eigenvalue weighted by atomic mass is 32.2. The van der Waals surface area contributed by atoms with Crippen molar-refractivity contribution in [2.45, 2.75) is 30.6 Å². The van der Waals surface area contributed by atoms with Crippen LogP contribution in [0.4, 0.5) is 11.5 Å². The summed E-state index contributed by atoms with van der Waals surface area (Å²) in [6.07, 6.45) is 7.77. The highest BCUT2D eigenvalue weighted by molar-refractivity contribution is 7.99. The number of hydrogen-bond donors (Lipinski definition) is 2. The fourth-order valence-corrected chi connectivity index (χ4v) is 2.86. The number of aromatic nitrogens is 1. The molecule has 0 amide bonds. The van der Waals surface area contributed by atoms with Crippen molar-refractivity contribution in [3.05, 3.63) is 18.3 Å². The molecule has 3 nitrogen and oxygen atoms in total. The maximum atomic E-state index is 5.63. The van der Waals surface area contributed by atoms with Gasteiger partial charge in [-0.15, -0.1) is 0 Å². The Labute approximate surface area is 94.8 Å². The van der Waals surface area contributed by atoms with Crippen LogP contribution in [-0.2, 0) is 0 Å². The van der Waals surface area contributed by atoms with Crippen LogP contribution in [0.15, 0.2) is 18.3 Å². The molecule has 1 aromatic rings. The predicted molar refractivity (Wildman–Crippen MR) is 67.2 cm³/mol. The minimum atomic E-state index is 0.583. The first-order chi connectivity index (χ1) is 7.28. The minimum absolute atomic E-state index is 0.583. The molecule has 1 heterocycles. The maximum Gasteiger partial charge on any atom is 0.125 e. The third kappa shape index (κ3) is 2.78. The summed E-state index contributed by atoms with van der Waals surface area (Å²) < 4.78 is 0. The van der Waals surface area contributed by atoms with E-state index < -0.39 is 0 Å². The Hall–Kier alpha value is -0.900. The molecule has 0 bridgehead atoms. The van der Waals surface area contributed by atoms with Crippen LogP contribution >= 0.6 is 11.8 Å². The third-order valence-electron chi connectivity index (χ3n) is 2.87. The molecular weight excluding hydrogens is 206 g/mol. The number of nitrogen functional groups attached to an aromatic ring is 1. The molecule has 1 aliphatic rings. The summed E-state index contributed by atoms with van der Waals surface area (Å²) >= 11 is 1.97. The van der Waals surface area contributed by atoms with Crippen LogP contribution in [0.3, 0.4) is 0 Å². The van der Waals surface area contributed by atoms with Gasteiger partial charge in [-0.2, -0.15) is 11.8 Å². The van der Waals surface area contributed by atoms with Crippen LogP contribution in [-0.4, -0.2) is 22.5 Å². The van der Waals surface area contributed by atoms with Crippen LogP contribution < -0.4 is 11.1 Å². The summed E-state index contributed by atoms with van der Waals surface area (Å²) in [6, 6.07) is 4.47. The molecule has 15 heavy (non-hydrogen) atoms. The summed E-state index contributed by atoms with van der Waals surface area (Å²) in [6.45, 7) is 0. The zero-order valence-corrected chi connectivity index (χ0v) is 9.76. The van der Waals surface area contributed by atoms with Crippen molar-refractivity contribution in [1.29, 1.82) is 0 Å². The fraction of sp³-hybridized carbons (Fsp3) is 0.545. The SMILES string of the molecule is CSC1CCC(Nc2ccnc(N)c2)C1. The molecule has 1 aromatic heterocycles. The van der Waals surface area contributed by atoms with Crippen molar-refractivity contribution in [3.8, 4) is 0 Å². The Morgan fingerprint density at radius 3 is 3.07 bits per heavy atom. The molecule has 2 rings (SSSR count). The van der Waals surface area contributed by atoms with Gasteiger partial charge in [0, 0.05) is 29.2 Å². The van der Waals surface area contributed by atoms with E-state index in [9.17, 15) is 0 Å². The predicted octanol–water partition coefficient (Wildman–Crippen LogP) is 2.36. The second kappa shape index (κ2) is 4.75.